The first kappa shape index (κ1) is 18.7. The Hall–Kier alpha value is -1.59. The number of carbonyl (C=O) groups is 2. The van der Waals surface area contributed by atoms with E-state index in [0.29, 0.717) is 19.5 Å². The van der Waals surface area contributed by atoms with E-state index in [4.69, 9.17) is 5.73 Å². The fraction of sp³-hybridized carbons (Fsp3) is 0.556. The molecule has 0 spiro atoms. The number of likely N-dealkylation sites (tertiary alicyclic amines) is 1. The van der Waals surface area contributed by atoms with Crippen molar-refractivity contribution in [3.63, 3.8) is 0 Å². The molecular weight excluding hydrogens is 326 g/mol. The number of halogens is 1. The van der Waals surface area contributed by atoms with Crippen LogP contribution in [0.5, 0.6) is 0 Å². The van der Waals surface area contributed by atoms with Gasteiger partial charge in [0.2, 0.25) is 11.8 Å². The maximum Gasteiger partial charge on any atom is 0.228 e. The molecule has 24 heavy (non-hydrogen) atoms. The summed E-state index contributed by atoms with van der Waals surface area (Å²) in [6, 6.07) is 6.11. The van der Waals surface area contributed by atoms with Gasteiger partial charge < -0.3 is 15.5 Å². The van der Waals surface area contributed by atoms with Crippen molar-refractivity contribution in [1.29, 1.82) is 0 Å². The molecule has 3 rings (SSSR count). The molecule has 2 heterocycles. The molecule has 0 radical (unpaired) electrons. The lowest BCUT2D eigenvalue weighted by molar-refractivity contribution is -0.136. The maximum absolute atomic E-state index is 12.8. The highest BCUT2D eigenvalue weighted by atomic mass is 35.5. The maximum atomic E-state index is 12.8. The monoisotopic (exact) mass is 351 g/mol. The van der Waals surface area contributed by atoms with Gasteiger partial charge >= 0.3 is 0 Å². The van der Waals surface area contributed by atoms with Gasteiger partial charge in [-0.05, 0) is 43.9 Å². The van der Waals surface area contributed by atoms with Gasteiger partial charge in [-0.1, -0.05) is 12.1 Å². The average molecular weight is 352 g/mol. The van der Waals surface area contributed by atoms with E-state index in [1.165, 1.54) is 0 Å². The minimum absolute atomic E-state index is 0. The van der Waals surface area contributed by atoms with Crippen LogP contribution in [0.1, 0.15) is 30.4 Å². The summed E-state index contributed by atoms with van der Waals surface area (Å²) in [5.74, 6) is -0.103. The number of amides is 2. The smallest absolute Gasteiger partial charge is 0.228 e. The lowest BCUT2D eigenvalue weighted by Crippen LogP contribution is -2.43. The predicted molar refractivity (Wildman–Crippen MR) is 97.4 cm³/mol. The lowest BCUT2D eigenvalue weighted by atomic mass is 10.1. The molecule has 1 aromatic carbocycles. The topological polar surface area (TPSA) is 66.6 Å². The predicted octanol–water partition coefficient (Wildman–Crippen LogP) is 2.03. The molecule has 2 amide bonds. The van der Waals surface area contributed by atoms with E-state index in [2.05, 4.69) is 0 Å². The minimum Gasteiger partial charge on any atom is -0.338 e. The lowest BCUT2D eigenvalue weighted by Gasteiger charge is -2.26. The molecule has 2 aliphatic heterocycles. The summed E-state index contributed by atoms with van der Waals surface area (Å²) < 4.78 is 0. The number of hydrogen-bond donors (Lipinski definition) is 1. The van der Waals surface area contributed by atoms with Gasteiger partial charge in [0.25, 0.3) is 0 Å². The van der Waals surface area contributed by atoms with Crippen molar-refractivity contribution in [3.8, 4) is 0 Å². The normalized spacial score (nSPS) is 23.5. The first-order chi connectivity index (χ1) is 11.0. The number of nitrogens with zero attached hydrogens (tertiary/aromatic N) is 2. The van der Waals surface area contributed by atoms with Gasteiger partial charge in [-0.2, -0.15) is 0 Å². The number of nitrogens with two attached hydrogens (primary N) is 1. The van der Waals surface area contributed by atoms with Gasteiger partial charge in [-0.3, -0.25) is 9.59 Å². The van der Waals surface area contributed by atoms with Crippen molar-refractivity contribution in [3.05, 3.63) is 29.3 Å². The number of hydrogen-bond acceptors (Lipinski definition) is 3. The van der Waals surface area contributed by atoms with E-state index in [9.17, 15) is 9.59 Å². The summed E-state index contributed by atoms with van der Waals surface area (Å²) in [5.41, 5.74) is 8.97. The molecule has 1 aromatic rings. The van der Waals surface area contributed by atoms with Crippen LogP contribution in [0, 0.1) is 19.8 Å². The number of benzene rings is 1. The van der Waals surface area contributed by atoms with Crippen LogP contribution in [0.15, 0.2) is 18.2 Å². The van der Waals surface area contributed by atoms with Gasteiger partial charge in [0.05, 0.1) is 5.92 Å². The fourth-order valence-corrected chi connectivity index (χ4v) is 3.74. The highest BCUT2D eigenvalue weighted by Crippen LogP contribution is 2.31. The zero-order chi connectivity index (χ0) is 16.6. The third-order valence-electron chi connectivity index (χ3n) is 5.27. The van der Waals surface area contributed by atoms with Gasteiger partial charge in [-0.15, -0.1) is 12.4 Å². The van der Waals surface area contributed by atoms with Crippen molar-refractivity contribution in [2.75, 3.05) is 24.5 Å². The van der Waals surface area contributed by atoms with Crippen LogP contribution >= 0.6 is 12.4 Å². The highest BCUT2D eigenvalue weighted by Gasteiger charge is 2.40. The Morgan fingerprint density at radius 2 is 2.08 bits per heavy atom. The molecule has 2 aliphatic rings. The number of anilines is 1. The molecule has 6 heteroatoms. The van der Waals surface area contributed by atoms with Crippen molar-refractivity contribution < 1.29 is 9.59 Å². The quantitative estimate of drug-likeness (QED) is 0.906. The molecule has 2 fully saturated rings. The number of aryl methyl sites for hydroxylation is 1. The Balaban J connectivity index is 0.00000208. The molecule has 2 atom stereocenters. The molecule has 132 valence electrons. The van der Waals surface area contributed by atoms with E-state index in [-0.39, 0.29) is 36.2 Å². The molecule has 0 saturated carbocycles. The second-order valence-corrected chi connectivity index (χ2v) is 6.69. The molecule has 0 aromatic heterocycles. The van der Waals surface area contributed by atoms with Gasteiger partial charge in [0.15, 0.2) is 0 Å². The molecule has 2 unspecified atom stereocenters. The third-order valence-corrected chi connectivity index (χ3v) is 5.27. The van der Waals surface area contributed by atoms with Gasteiger partial charge in [0.1, 0.15) is 0 Å². The second-order valence-electron chi connectivity index (χ2n) is 6.69. The van der Waals surface area contributed by atoms with Gasteiger partial charge in [0, 0.05) is 37.8 Å². The molecule has 0 bridgehead atoms. The van der Waals surface area contributed by atoms with Gasteiger partial charge in [-0.25, -0.2) is 0 Å². The highest BCUT2D eigenvalue weighted by molar-refractivity contribution is 6.01. The SMILES string of the molecule is Cc1cccc(N2CC(C(=O)N3CCCC3CN)CC2=O)c1C.Cl. The fourth-order valence-electron chi connectivity index (χ4n) is 3.74. The Morgan fingerprint density at radius 3 is 2.79 bits per heavy atom. The summed E-state index contributed by atoms with van der Waals surface area (Å²) in [5, 5.41) is 0. The second kappa shape index (κ2) is 7.53. The Labute approximate surface area is 149 Å². The Bertz CT molecular complexity index is 635. The van der Waals surface area contributed by atoms with Crippen LogP contribution in [0.3, 0.4) is 0 Å². The number of carbonyl (C=O) groups excluding carboxylic acids is 2. The summed E-state index contributed by atoms with van der Waals surface area (Å²) in [6.07, 6.45) is 2.29. The summed E-state index contributed by atoms with van der Waals surface area (Å²) in [6.45, 7) is 5.83. The first-order valence-corrected chi connectivity index (χ1v) is 8.40. The average Bonchev–Trinajstić information content (AvgIpc) is 3.16. The van der Waals surface area contributed by atoms with E-state index in [1.807, 2.05) is 36.9 Å². The van der Waals surface area contributed by atoms with Crippen LogP contribution in [-0.4, -0.2) is 42.4 Å². The van der Waals surface area contributed by atoms with Crippen LogP contribution < -0.4 is 10.6 Å². The summed E-state index contributed by atoms with van der Waals surface area (Å²) in [7, 11) is 0. The third kappa shape index (κ3) is 3.28. The Kier molecular flexibility index (Phi) is 5.88. The van der Waals surface area contributed by atoms with E-state index in [1.54, 1.807) is 4.90 Å². The molecule has 2 N–H and O–H groups in total. The van der Waals surface area contributed by atoms with Crippen LogP contribution in [-0.2, 0) is 9.59 Å². The number of rotatable bonds is 3. The standard InChI is InChI=1S/C18H25N3O2.ClH/c1-12-5-3-7-16(13(12)2)21-11-14(9-17(21)22)18(23)20-8-4-6-15(20)10-19;/h3,5,7,14-15H,4,6,8-11,19H2,1-2H3;1H. The van der Waals surface area contributed by atoms with Crippen LogP contribution in [0.4, 0.5) is 5.69 Å². The van der Waals surface area contributed by atoms with E-state index in [0.717, 1.165) is 36.2 Å². The zero-order valence-electron chi connectivity index (χ0n) is 14.3. The Morgan fingerprint density at radius 1 is 1.33 bits per heavy atom. The molecule has 0 aliphatic carbocycles. The van der Waals surface area contributed by atoms with Crippen molar-refractivity contribution >= 4 is 29.9 Å². The minimum atomic E-state index is -0.241. The summed E-state index contributed by atoms with van der Waals surface area (Å²) >= 11 is 0. The van der Waals surface area contributed by atoms with Crippen LogP contribution in [0.25, 0.3) is 0 Å². The van der Waals surface area contributed by atoms with Crippen molar-refractivity contribution in [2.45, 2.75) is 39.2 Å². The first-order valence-electron chi connectivity index (χ1n) is 8.40. The summed E-state index contributed by atoms with van der Waals surface area (Å²) in [4.78, 5) is 28.9. The van der Waals surface area contributed by atoms with Crippen LogP contribution in [0.2, 0.25) is 0 Å². The molecule has 2 saturated heterocycles. The van der Waals surface area contributed by atoms with Crippen molar-refractivity contribution in [1.82, 2.24) is 4.90 Å². The zero-order valence-corrected chi connectivity index (χ0v) is 15.1. The molecule has 5 nitrogen and oxygen atoms in total. The van der Waals surface area contributed by atoms with E-state index >= 15 is 0 Å². The van der Waals surface area contributed by atoms with E-state index < -0.39 is 0 Å². The largest absolute Gasteiger partial charge is 0.338 e. The van der Waals surface area contributed by atoms with Crippen molar-refractivity contribution in [2.24, 2.45) is 11.7 Å². The molecular formula is C18H26ClN3O2.